The highest BCUT2D eigenvalue weighted by Gasteiger charge is 2.08. The van der Waals surface area contributed by atoms with E-state index >= 15 is 0 Å². The Labute approximate surface area is 108 Å². The van der Waals surface area contributed by atoms with Crippen LogP contribution in [0, 0.1) is 6.92 Å². The highest BCUT2D eigenvalue weighted by molar-refractivity contribution is 5.99. The number of aryl methyl sites for hydroxylation is 1. The van der Waals surface area contributed by atoms with Crippen LogP contribution in [0.4, 0.5) is 0 Å². The molecular weight excluding hydrogens is 228 g/mol. The zero-order chi connectivity index (χ0) is 13.4. The molecule has 3 N–H and O–H groups in total. The van der Waals surface area contributed by atoms with E-state index in [0.717, 1.165) is 12.0 Å². The molecule has 0 atom stereocenters. The molecule has 1 aromatic rings. The van der Waals surface area contributed by atoms with Gasteiger partial charge >= 0.3 is 0 Å². The second-order valence-electron chi connectivity index (χ2n) is 4.39. The molecule has 1 rings (SSSR count). The maximum Gasteiger partial charge on any atom is 0.173 e. The first kappa shape index (κ1) is 14.4. The van der Waals surface area contributed by atoms with E-state index < -0.39 is 0 Å². The van der Waals surface area contributed by atoms with E-state index in [4.69, 9.17) is 15.7 Å². The zero-order valence-electron chi connectivity index (χ0n) is 11.1. The summed E-state index contributed by atoms with van der Waals surface area (Å²) in [6.07, 6.45) is 4.63. The van der Waals surface area contributed by atoms with E-state index in [-0.39, 0.29) is 5.84 Å². The Morgan fingerprint density at radius 2 is 2.11 bits per heavy atom. The number of unbranched alkanes of at least 4 members (excludes halogenated alkanes) is 3. The molecular formula is C14H22N2O2. The Hall–Kier alpha value is -1.71. The third-order valence-electron chi connectivity index (χ3n) is 2.77. The average Bonchev–Trinajstić information content (AvgIpc) is 2.39. The molecule has 0 aromatic heterocycles. The van der Waals surface area contributed by atoms with Crippen molar-refractivity contribution in [2.24, 2.45) is 10.9 Å². The summed E-state index contributed by atoms with van der Waals surface area (Å²) in [5.41, 5.74) is 7.33. The van der Waals surface area contributed by atoms with Gasteiger partial charge in [0.25, 0.3) is 0 Å². The third kappa shape index (κ3) is 4.28. The second kappa shape index (κ2) is 7.58. The van der Waals surface area contributed by atoms with Crippen molar-refractivity contribution in [3.8, 4) is 5.75 Å². The molecule has 0 aliphatic rings. The lowest BCUT2D eigenvalue weighted by molar-refractivity contribution is 0.302. The van der Waals surface area contributed by atoms with Crippen LogP contribution in [-0.2, 0) is 0 Å². The first-order valence-electron chi connectivity index (χ1n) is 6.40. The summed E-state index contributed by atoms with van der Waals surface area (Å²) in [6, 6.07) is 5.68. The van der Waals surface area contributed by atoms with Crippen molar-refractivity contribution < 1.29 is 9.94 Å². The molecule has 1 aromatic carbocycles. The topological polar surface area (TPSA) is 67.8 Å². The van der Waals surface area contributed by atoms with Crippen molar-refractivity contribution in [3.63, 3.8) is 0 Å². The maximum atomic E-state index is 8.75. The normalized spacial score (nSPS) is 11.6. The van der Waals surface area contributed by atoms with E-state index in [1.165, 1.54) is 19.3 Å². The summed E-state index contributed by atoms with van der Waals surface area (Å²) in [7, 11) is 0. The number of nitrogens with zero attached hydrogens (tertiary/aromatic N) is 1. The summed E-state index contributed by atoms with van der Waals surface area (Å²) < 4.78 is 5.69. The molecule has 0 heterocycles. The second-order valence-corrected chi connectivity index (χ2v) is 4.39. The summed E-state index contributed by atoms with van der Waals surface area (Å²) in [6.45, 7) is 4.80. The van der Waals surface area contributed by atoms with E-state index in [1.807, 2.05) is 25.1 Å². The Bertz CT molecular complexity index is 403. The van der Waals surface area contributed by atoms with Gasteiger partial charge in [0.05, 0.1) is 12.2 Å². The average molecular weight is 250 g/mol. The van der Waals surface area contributed by atoms with Gasteiger partial charge < -0.3 is 15.7 Å². The minimum absolute atomic E-state index is 0.0854. The van der Waals surface area contributed by atoms with Crippen LogP contribution in [0.1, 0.15) is 43.7 Å². The van der Waals surface area contributed by atoms with Crippen molar-refractivity contribution in [2.75, 3.05) is 6.61 Å². The molecule has 0 spiro atoms. The monoisotopic (exact) mass is 250 g/mol. The number of benzene rings is 1. The fourth-order valence-electron chi connectivity index (χ4n) is 1.73. The molecule has 0 amide bonds. The molecule has 0 aliphatic heterocycles. The van der Waals surface area contributed by atoms with Crippen LogP contribution < -0.4 is 10.5 Å². The molecule has 0 unspecified atom stereocenters. The number of hydrogen-bond donors (Lipinski definition) is 2. The molecule has 0 bridgehead atoms. The summed E-state index contributed by atoms with van der Waals surface area (Å²) >= 11 is 0. The minimum Gasteiger partial charge on any atom is -0.493 e. The van der Waals surface area contributed by atoms with E-state index in [9.17, 15) is 0 Å². The lowest BCUT2D eigenvalue weighted by Crippen LogP contribution is -2.15. The number of hydrogen-bond acceptors (Lipinski definition) is 3. The molecule has 18 heavy (non-hydrogen) atoms. The van der Waals surface area contributed by atoms with E-state index in [2.05, 4.69) is 12.1 Å². The van der Waals surface area contributed by atoms with E-state index in [0.29, 0.717) is 17.9 Å². The van der Waals surface area contributed by atoms with Gasteiger partial charge in [-0.3, -0.25) is 0 Å². The van der Waals surface area contributed by atoms with Crippen molar-refractivity contribution >= 4 is 5.84 Å². The van der Waals surface area contributed by atoms with Crippen molar-refractivity contribution in [1.29, 1.82) is 0 Å². The number of oxime groups is 1. The van der Waals surface area contributed by atoms with Gasteiger partial charge in [0.1, 0.15) is 5.75 Å². The third-order valence-corrected chi connectivity index (χ3v) is 2.77. The van der Waals surface area contributed by atoms with Gasteiger partial charge in [-0.25, -0.2) is 0 Å². The van der Waals surface area contributed by atoms with Gasteiger partial charge in [-0.15, -0.1) is 0 Å². The van der Waals surface area contributed by atoms with Crippen LogP contribution in [0.5, 0.6) is 5.75 Å². The molecule has 0 aliphatic carbocycles. The Morgan fingerprint density at radius 1 is 1.33 bits per heavy atom. The van der Waals surface area contributed by atoms with Crippen LogP contribution in [0.25, 0.3) is 0 Å². The number of nitrogens with two attached hydrogens (primary N) is 1. The van der Waals surface area contributed by atoms with Crippen LogP contribution >= 0.6 is 0 Å². The van der Waals surface area contributed by atoms with Crippen molar-refractivity contribution in [1.82, 2.24) is 0 Å². The summed E-state index contributed by atoms with van der Waals surface area (Å²) in [5.74, 6) is 0.759. The standard InChI is InChI=1S/C14H22N2O2/c1-3-4-5-6-9-18-13-8-7-11(2)10-12(13)14(15)16-17/h7-8,10,17H,3-6,9H2,1-2H3,(H2,15,16). The molecule has 0 saturated carbocycles. The van der Waals surface area contributed by atoms with Crippen LogP contribution in [-0.4, -0.2) is 17.6 Å². The van der Waals surface area contributed by atoms with Gasteiger partial charge in [0, 0.05) is 0 Å². The van der Waals surface area contributed by atoms with Crippen LogP contribution in [0.2, 0.25) is 0 Å². The molecule has 100 valence electrons. The first-order valence-corrected chi connectivity index (χ1v) is 6.40. The van der Waals surface area contributed by atoms with Gasteiger partial charge in [-0.2, -0.15) is 0 Å². The highest BCUT2D eigenvalue weighted by Crippen LogP contribution is 2.20. The number of ether oxygens (including phenoxy) is 1. The first-order chi connectivity index (χ1) is 8.69. The Morgan fingerprint density at radius 3 is 2.78 bits per heavy atom. The van der Waals surface area contributed by atoms with E-state index in [1.54, 1.807) is 0 Å². The quantitative estimate of drug-likeness (QED) is 0.257. The Kier molecular flexibility index (Phi) is 6.05. The van der Waals surface area contributed by atoms with Crippen LogP contribution in [0.15, 0.2) is 23.4 Å². The predicted molar refractivity (Wildman–Crippen MR) is 73.3 cm³/mol. The molecule has 4 heteroatoms. The summed E-state index contributed by atoms with van der Waals surface area (Å²) in [4.78, 5) is 0. The Balaban J connectivity index is 2.64. The largest absolute Gasteiger partial charge is 0.493 e. The lowest BCUT2D eigenvalue weighted by atomic mass is 10.1. The fourth-order valence-corrected chi connectivity index (χ4v) is 1.73. The minimum atomic E-state index is 0.0854. The highest BCUT2D eigenvalue weighted by atomic mass is 16.5. The molecule has 0 radical (unpaired) electrons. The van der Waals surface area contributed by atoms with Gasteiger partial charge in [0.2, 0.25) is 0 Å². The number of amidine groups is 1. The smallest absolute Gasteiger partial charge is 0.173 e. The SMILES string of the molecule is CCCCCCOc1ccc(C)cc1/C(N)=N/O. The van der Waals surface area contributed by atoms with Gasteiger partial charge in [0.15, 0.2) is 5.84 Å². The lowest BCUT2D eigenvalue weighted by Gasteiger charge is -2.11. The maximum absolute atomic E-state index is 8.75. The molecule has 0 saturated heterocycles. The zero-order valence-corrected chi connectivity index (χ0v) is 11.1. The van der Waals surface area contributed by atoms with Crippen molar-refractivity contribution in [3.05, 3.63) is 29.3 Å². The molecule has 0 fully saturated rings. The fraction of sp³-hybridized carbons (Fsp3) is 0.500. The number of rotatable bonds is 7. The van der Waals surface area contributed by atoms with Gasteiger partial charge in [-0.1, -0.05) is 43.0 Å². The summed E-state index contributed by atoms with van der Waals surface area (Å²) in [5, 5.41) is 11.8. The molecule has 4 nitrogen and oxygen atoms in total. The van der Waals surface area contributed by atoms with Crippen LogP contribution in [0.3, 0.4) is 0 Å². The predicted octanol–water partition coefficient (Wildman–Crippen LogP) is 3.05. The van der Waals surface area contributed by atoms with Crippen molar-refractivity contribution in [2.45, 2.75) is 39.5 Å². The van der Waals surface area contributed by atoms with Gasteiger partial charge in [-0.05, 0) is 25.5 Å².